The van der Waals surface area contributed by atoms with Crippen molar-refractivity contribution in [3.05, 3.63) is 139 Å². The van der Waals surface area contributed by atoms with Crippen molar-refractivity contribution in [2.45, 2.75) is 46.4 Å². The van der Waals surface area contributed by atoms with Gasteiger partial charge in [0, 0.05) is 0 Å². The number of thiazole rings is 1. The molecule has 0 fully saturated rings. The quantitative estimate of drug-likeness (QED) is 0.181. The molecular weight excluding hydrogens is 584 g/mol. The second kappa shape index (κ2) is 13.0. The molecule has 0 radical (unpaired) electrons. The van der Waals surface area contributed by atoms with E-state index >= 15 is 0 Å². The van der Waals surface area contributed by atoms with E-state index in [4.69, 9.17) is 14.2 Å². The van der Waals surface area contributed by atoms with Crippen LogP contribution in [-0.2, 0) is 16.1 Å². The average molecular weight is 619 g/mol. The first-order chi connectivity index (χ1) is 21.8. The van der Waals surface area contributed by atoms with Crippen molar-refractivity contribution in [1.29, 1.82) is 0 Å². The predicted molar refractivity (Wildman–Crippen MR) is 177 cm³/mol. The van der Waals surface area contributed by atoms with E-state index in [2.05, 4.69) is 29.3 Å². The van der Waals surface area contributed by atoms with Gasteiger partial charge < -0.3 is 14.2 Å². The zero-order valence-electron chi connectivity index (χ0n) is 25.7. The van der Waals surface area contributed by atoms with Crippen LogP contribution in [-0.4, -0.2) is 23.2 Å². The van der Waals surface area contributed by atoms with Crippen molar-refractivity contribution < 1.29 is 19.0 Å². The summed E-state index contributed by atoms with van der Waals surface area (Å²) >= 11 is 1.30. The summed E-state index contributed by atoms with van der Waals surface area (Å²) in [5.74, 6) is 0.963. The van der Waals surface area contributed by atoms with Gasteiger partial charge in [0.2, 0.25) is 0 Å². The number of hydrogen-bond donors (Lipinski definition) is 0. The second-order valence-electron chi connectivity index (χ2n) is 11.0. The van der Waals surface area contributed by atoms with Gasteiger partial charge in [-0.1, -0.05) is 78.1 Å². The molecule has 0 saturated heterocycles. The van der Waals surface area contributed by atoms with Crippen molar-refractivity contribution in [3.8, 4) is 11.5 Å². The SMILES string of the molecule is CCOC(=O)C1=C(C)N=c2s/c(=C\c3ccc(OCc4cccc5ccccc45)cc3)c(=O)n2[C@H]1c1ccc(OC(C)C)cc1. The zero-order valence-corrected chi connectivity index (χ0v) is 26.5. The van der Waals surface area contributed by atoms with Crippen LogP contribution in [0.3, 0.4) is 0 Å². The smallest absolute Gasteiger partial charge is 0.338 e. The highest BCUT2D eigenvalue weighted by Gasteiger charge is 2.33. The molecule has 0 aliphatic carbocycles. The Balaban J connectivity index is 1.31. The molecule has 0 saturated carbocycles. The highest BCUT2D eigenvalue weighted by molar-refractivity contribution is 7.07. The van der Waals surface area contributed by atoms with Crippen LogP contribution in [0.25, 0.3) is 16.8 Å². The van der Waals surface area contributed by atoms with Crippen molar-refractivity contribution in [2.75, 3.05) is 6.61 Å². The Morgan fingerprint density at radius 1 is 0.956 bits per heavy atom. The predicted octanol–water partition coefficient (Wildman–Crippen LogP) is 6.32. The van der Waals surface area contributed by atoms with Gasteiger partial charge in [0.1, 0.15) is 18.1 Å². The lowest BCUT2D eigenvalue weighted by atomic mass is 9.96. The van der Waals surface area contributed by atoms with E-state index < -0.39 is 12.0 Å². The summed E-state index contributed by atoms with van der Waals surface area (Å²) < 4.78 is 19.4. The van der Waals surface area contributed by atoms with Crippen LogP contribution in [0.4, 0.5) is 0 Å². The van der Waals surface area contributed by atoms with Gasteiger partial charge in [-0.05, 0) is 85.5 Å². The van der Waals surface area contributed by atoms with Gasteiger partial charge in [0.05, 0.1) is 34.6 Å². The Kier molecular flexibility index (Phi) is 8.67. The zero-order chi connectivity index (χ0) is 31.5. The summed E-state index contributed by atoms with van der Waals surface area (Å²) in [6.07, 6.45) is 1.87. The third kappa shape index (κ3) is 6.33. The number of benzene rings is 4. The normalized spacial score (nSPS) is 14.8. The molecule has 0 amide bonds. The van der Waals surface area contributed by atoms with E-state index in [1.165, 1.54) is 22.1 Å². The van der Waals surface area contributed by atoms with Crippen molar-refractivity contribution >= 4 is 34.2 Å². The minimum atomic E-state index is -0.680. The third-order valence-electron chi connectivity index (χ3n) is 7.54. The second-order valence-corrected chi connectivity index (χ2v) is 12.0. The molecule has 1 atom stereocenters. The van der Waals surface area contributed by atoms with Crippen LogP contribution >= 0.6 is 11.3 Å². The van der Waals surface area contributed by atoms with Crippen LogP contribution in [0.1, 0.15) is 50.4 Å². The first kappa shape index (κ1) is 30.1. The van der Waals surface area contributed by atoms with Crippen LogP contribution in [0, 0.1) is 0 Å². The van der Waals surface area contributed by atoms with E-state index in [0.29, 0.717) is 33.0 Å². The van der Waals surface area contributed by atoms with Gasteiger partial charge in [-0.3, -0.25) is 9.36 Å². The fraction of sp³-hybridized carbons (Fsp3) is 0.216. The summed E-state index contributed by atoms with van der Waals surface area (Å²) in [5.41, 5.74) is 3.39. The molecule has 1 aliphatic heterocycles. The number of rotatable bonds is 9. The molecule has 1 aromatic heterocycles. The molecule has 5 aromatic rings. The molecule has 0 bridgehead atoms. The van der Waals surface area contributed by atoms with E-state index in [1.54, 1.807) is 18.4 Å². The third-order valence-corrected chi connectivity index (χ3v) is 8.52. The van der Waals surface area contributed by atoms with E-state index in [-0.39, 0.29) is 18.3 Å². The molecular formula is C37H34N2O5S. The highest BCUT2D eigenvalue weighted by Crippen LogP contribution is 2.32. The molecule has 228 valence electrons. The van der Waals surface area contributed by atoms with Gasteiger partial charge >= 0.3 is 5.97 Å². The lowest BCUT2D eigenvalue weighted by molar-refractivity contribution is -0.139. The topological polar surface area (TPSA) is 79.1 Å². The number of carbonyl (C=O) groups is 1. The van der Waals surface area contributed by atoms with Crippen LogP contribution in [0.2, 0.25) is 0 Å². The van der Waals surface area contributed by atoms with Crippen molar-refractivity contribution in [2.24, 2.45) is 4.99 Å². The molecule has 0 spiro atoms. The largest absolute Gasteiger partial charge is 0.491 e. The summed E-state index contributed by atoms with van der Waals surface area (Å²) in [7, 11) is 0. The standard InChI is InChI=1S/C37H34N2O5S/c1-5-42-36(41)33-24(4)38-37-39(34(33)27-15-19-30(20-16-27)44-23(2)3)35(40)32(45-37)21-25-13-17-29(18-14-25)43-22-28-11-8-10-26-9-6-7-12-31(26)28/h6-21,23,34H,5,22H2,1-4H3/b32-21-/t34-/m0/s1. The molecule has 2 heterocycles. The van der Waals surface area contributed by atoms with E-state index in [1.807, 2.05) is 86.7 Å². The molecule has 0 unspecified atom stereocenters. The van der Waals surface area contributed by atoms with Crippen molar-refractivity contribution in [3.63, 3.8) is 0 Å². The minimum Gasteiger partial charge on any atom is -0.491 e. The summed E-state index contributed by atoms with van der Waals surface area (Å²) in [6.45, 7) is 8.13. The van der Waals surface area contributed by atoms with E-state index in [0.717, 1.165) is 22.4 Å². The summed E-state index contributed by atoms with van der Waals surface area (Å²) in [5, 5.41) is 2.35. The Morgan fingerprint density at radius 3 is 2.40 bits per heavy atom. The summed E-state index contributed by atoms with van der Waals surface area (Å²) in [6, 6.07) is 28.9. The van der Waals surface area contributed by atoms with Crippen molar-refractivity contribution in [1.82, 2.24) is 4.57 Å². The Bertz CT molecular complexity index is 2070. The number of carbonyl (C=O) groups excluding carboxylic acids is 1. The molecule has 45 heavy (non-hydrogen) atoms. The Morgan fingerprint density at radius 2 is 1.67 bits per heavy atom. The monoisotopic (exact) mass is 618 g/mol. The van der Waals surface area contributed by atoms with Gasteiger partial charge in [0.15, 0.2) is 4.80 Å². The number of ether oxygens (including phenoxy) is 3. The highest BCUT2D eigenvalue weighted by atomic mass is 32.1. The first-order valence-corrected chi connectivity index (χ1v) is 15.8. The fourth-order valence-electron chi connectivity index (χ4n) is 5.50. The van der Waals surface area contributed by atoms with Gasteiger partial charge in [-0.25, -0.2) is 9.79 Å². The lowest BCUT2D eigenvalue weighted by Gasteiger charge is -2.25. The molecule has 7 nitrogen and oxygen atoms in total. The molecule has 6 rings (SSSR count). The number of nitrogens with zero attached hydrogens (tertiary/aromatic N) is 2. The van der Waals surface area contributed by atoms with Crippen LogP contribution in [0.15, 0.2) is 112 Å². The number of aromatic nitrogens is 1. The average Bonchev–Trinajstić information content (AvgIpc) is 3.34. The number of hydrogen-bond acceptors (Lipinski definition) is 7. The number of fused-ring (bicyclic) bond motifs is 2. The Labute approximate surface area is 265 Å². The number of esters is 1. The maximum Gasteiger partial charge on any atom is 0.338 e. The number of allylic oxidation sites excluding steroid dienone is 1. The molecule has 4 aromatic carbocycles. The Hall–Kier alpha value is -4.95. The molecule has 0 N–H and O–H groups in total. The first-order valence-electron chi connectivity index (χ1n) is 15.0. The van der Waals surface area contributed by atoms with Gasteiger partial charge in [0.25, 0.3) is 5.56 Å². The molecule has 8 heteroatoms. The van der Waals surface area contributed by atoms with E-state index in [9.17, 15) is 9.59 Å². The molecule has 1 aliphatic rings. The van der Waals surface area contributed by atoms with Gasteiger partial charge in [-0.15, -0.1) is 0 Å². The maximum absolute atomic E-state index is 13.9. The maximum atomic E-state index is 13.9. The van der Waals surface area contributed by atoms with Gasteiger partial charge in [-0.2, -0.15) is 0 Å². The fourth-order valence-corrected chi connectivity index (χ4v) is 6.55. The van der Waals surface area contributed by atoms with Crippen LogP contribution < -0.4 is 24.4 Å². The van der Waals surface area contributed by atoms with Crippen LogP contribution in [0.5, 0.6) is 11.5 Å². The minimum absolute atomic E-state index is 0.0237. The summed E-state index contributed by atoms with van der Waals surface area (Å²) in [4.78, 5) is 32.3. The lowest BCUT2D eigenvalue weighted by Crippen LogP contribution is -2.39.